The van der Waals surface area contributed by atoms with E-state index in [4.69, 9.17) is 9.47 Å². The maximum absolute atomic E-state index is 12.5. The second kappa shape index (κ2) is 7.38. The smallest absolute Gasteiger partial charge is 0.410 e. The molecule has 2 heterocycles. The van der Waals surface area contributed by atoms with Gasteiger partial charge in [-0.05, 0) is 25.3 Å². The summed E-state index contributed by atoms with van der Waals surface area (Å²) < 4.78 is 10.3. The van der Waals surface area contributed by atoms with Crippen LogP contribution in [0.3, 0.4) is 0 Å². The minimum atomic E-state index is -0.605. The Kier molecular flexibility index (Phi) is 5.02. The van der Waals surface area contributed by atoms with Crippen LogP contribution in [0, 0.1) is 0 Å². The van der Waals surface area contributed by atoms with Gasteiger partial charge < -0.3 is 14.8 Å². The van der Waals surface area contributed by atoms with E-state index in [9.17, 15) is 14.4 Å². The lowest BCUT2D eigenvalue weighted by atomic mass is 10.2. The Hall–Kier alpha value is -2.83. The molecule has 0 aliphatic carbocycles. The van der Waals surface area contributed by atoms with Gasteiger partial charge in [-0.2, -0.15) is 0 Å². The van der Waals surface area contributed by atoms with Gasteiger partial charge in [-0.1, -0.05) is 30.3 Å². The van der Waals surface area contributed by atoms with Crippen molar-refractivity contribution < 1.29 is 23.9 Å². The summed E-state index contributed by atoms with van der Waals surface area (Å²) in [4.78, 5) is 37.4. The molecule has 0 spiro atoms. The third-order valence-corrected chi connectivity index (χ3v) is 4.27. The molecule has 0 radical (unpaired) electrons. The first-order chi connectivity index (χ1) is 12.0. The summed E-state index contributed by atoms with van der Waals surface area (Å²) in [6.45, 7) is 2.31. The van der Waals surface area contributed by atoms with Crippen LogP contribution in [0.1, 0.15) is 25.3 Å². The number of hydrogen-bond acceptors (Lipinski definition) is 5. The van der Waals surface area contributed by atoms with E-state index in [1.54, 1.807) is 6.92 Å². The second-order valence-corrected chi connectivity index (χ2v) is 6.06. The van der Waals surface area contributed by atoms with Gasteiger partial charge in [0.05, 0.1) is 5.70 Å². The molecule has 3 rings (SSSR count). The molecular weight excluding hydrogens is 324 g/mol. The Morgan fingerprint density at radius 3 is 2.76 bits per heavy atom. The SMILES string of the molecule is C[C@@H]1OC(=O)C=C1NC(=O)[C@@H]1CCCN1C(=O)OCc1ccccc1. The Morgan fingerprint density at radius 2 is 2.08 bits per heavy atom. The molecular formula is C18H20N2O5. The molecule has 1 fully saturated rings. The molecule has 1 saturated heterocycles. The van der Waals surface area contributed by atoms with Crippen LogP contribution in [0.2, 0.25) is 0 Å². The van der Waals surface area contributed by atoms with Crippen LogP contribution >= 0.6 is 0 Å². The fourth-order valence-corrected chi connectivity index (χ4v) is 2.94. The Morgan fingerprint density at radius 1 is 1.32 bits per heavy atom. The number of carbonyl (C=O) groups excluding carboxylic acids is 3. The Labute approximate surface area is 145 Å². The van der Waals surface area contributed by atoms with Crippen molar-refractivity contribution in [3.05, 3.63) is 47.7 Å². The van der Waals surface area contributed by atoms with Gasteiger partial charge in [0.2, 0.25) is 5.91 Å². The summed E-state index contributed by atoms with van der Waals surface area (Å²) in [7, 11) is 0. The van der Waals surface area contributed by atoms with Gasteiger partial charge in [-0.15, -0.1) is 0 Å². The Balaban J connectivity index is 1.58. The van der Waals surface area contributed by atoms with E-state index in [1.165, 1.54) is 11.0 Å². The van der Waals surface area contributed by atoms with Crippen LogP contribution in [0.25, 0.3) is 0 Å². The number of rotatable bonds is 4. The highest BCUT2D eigenvalue weighted by Gasteiger charge is 2.36. The second-order valence-electron chi connectivity index (χ2n) is 6.06. The van der Waals surface area contributed by atoms with Crippen LogP contribution < -0.4 is 5.32 Å². The zero-order valence-corrected chi connectivity index (χ0v) is 13.9. The molecule has 2 amide bonds. The summed E-state index contributed by atoms with van der Waals surface area (Å²) in [6.07, 6.45) is 1.54. The lowest BCUT2D eigenvalue weighted by Crippen LogP contribution is -2.46. The monoisotopic (exact) mass is 344 g/mol. The van der Waals surface area contributed by atoms with Crippen LogP contribution in [0.4, 0.5) is 4.79 Å². The summed E-state index contributed by atoms with van der Waals surface area (Å²) in [5.74, 6) is -0.807. The molecule has 25 heavy (non-hydrogen) atoms. The molecule has 2 atom stereocenters. The molecule has 2 aliphatic heterocycles. The van der Waals surface area contributed by atoms with Crippen molar-refractivity contribution in [1.82, 2.24) is 10.2 Å². The first-order valence-electron chi connectivity index (χ1n) is 8.25. The molecule has 7 heteroatoms. The van der Waals surface area contributed by atoms with Crippen molar-refractivity contribution in [2.45, 2.75) is 38.5 Å². The van der Waals surface area contributed by atoms with E-state index in [2.05, 4.69) is 5.32 Å². The standard InChI is InChI=1S/C18H20N2O5/c1-12-14(10-16(21)25-12)19-17(22)15-8-5-9-20(15)18(23)24-11-13-6-3-2-4-7-13/h2-4,6-7,10,12,15H,5,8-9,11H2,1H3,(H,19,22)/t12-,15-/m0/s1. The van der Waals surface area contributed by atoms with E-state index in [-0.39, 0.29) is 12.5 Å². The number of nitrogens with one attached hydrogen (secondary N) is 1. The van der Waals surface area contributed by atoms with Gasteiger partial charge in [-0.25, -0.2) is 9.59 Å². The molecule has 1 aromatic carbocycles. The van der Waals surface area contributed by atoms with Gasteiger partial charge in [0, 0.05) is 12.6 Å². The van der Waals surface area contributed by atoms with Crippen molar-refractivity contribution in [3.63, 3.8) is 0 Å². The van der Waals surface area contributed by atoms with E-state index in [0.717, 1.165) is 12.0 Å². The molecule has 0 unspecified atom stereocenters. The number of hydrogen-bond donors (Lipinski definition) is 1. The predicted octanol–water partition coefficient (Wildman–Crippen LogP) is 1.73. The maximum atomic E-state index is 12.5. The van der Waals surface area contributed by atoms with E-state index >= 15 is 0 Å². The average Bonchev–Trinajstić information content (AvgIpc) is 3.20. The molecule has 0 bridgehead atoms. The van der Waals surface area contributed by atoms with Crippen LogP contribution in [0.5, 0.6) is 0 Å². The average molecular weight is 344 g/mol. The number of ether oxygens (including phenoxy) is 2. The minimum Gasteiger partial charge on any atom is -0.453 e. The summed E-state index contributed by atoms with van der Waals surface area (Å²) in [5.41, 5.74) is 1.30. The van der Waals surface area contributed by atoms with Gasteiger partial charge in [-0.3, -0.25) is 9.69 Å². The molecule has 1 aromatic rings. The number of benzene rings is 1. The molecule has 1 N–H and O–H groups in total. The highest BCUT2D eigenvalue weighted by molar-refractivity contribution is 5.91. The van der Waals surface area contributed by atoms with Crippen LogP contribution in [0.15, 0.2) is 42.1 Å². The number of likely N-dealkylation sites (tertiary alicyclic amines) is 1. The van der Waals surface area contributed by atoms with E-state index in [1.807, 2.05) is 30.3 Å². The van der Waals surface area contributed by atoms with E-state index in [0.29, 0.717) is 18.7 Å². The number of esters is 1. The highest BCUT2D eigenvalue weighted by atomic mass is 16.6. The van der Waals surface area contributed by atoms with Crippen molar-refractivity contribution in [2.75, 3.05) is 6.54 Å². The number of amides is 2. The largest absolute Gasteiger partial charge is 0.453 e. The number of nitrogens with zero attached hydrogens (tertiary/aromatic N) is 1. The summed E-state index contributed by atoms with van der Waals surface area (Å²) in [5, 5.41) is 2.69. The fraction of sp³-hybridized carbons (Fsp3) is 0.389. The zero-order valence-electron chi connectivity index (χ0n) is 13.9. The predicted molar refractivity (Wildman–Crippen MR) is 88.1 cm³/mol. The lowest BCUT2D eigenvalue weighted by Gasteiger charge is -2.24. The maximum Gasteiger partial charge on any atom is 0.410 e. The highest BCUT2D eigenvalue weighted by Crippen LogP contribution is 2.20. The van der Waals surface area contributed by atoms with Crippen LogP contribution in [-0.2, 0) is 25.7 Å². The molecule has 0 aromatic heterocycles. The third kappa shape index (κ3) is 3.99. The molecule has 2 aliphatic rings. The lowest BCUT2D eigenvalue weighted by molar-refractivity contribution is -0.138. The molecule has 7 nitrogen and oxygen atoms in total. The first kappa shape index (κ1) is 17.0. The van der Waals surface area contributed by atoms with Crippen LogP contribution in [-0.4, -0.2) is 41.6 Å². The fourth-order valence-electron chi connectivity index (χ4n) is 2.94. The van der Waals surface area contributed by atoms with Gasteiger partial charge >= 0.3 is 12.1 Å². The number of carbonyl (C=O) groups is 3. The van der Waals surface area contributed by atoms with Crippen molar-refractivity contribution in [3.8, 4) is 0 Å². The minimum absolute atomic E-state index is 0.162. The summed E-state index contributed by atoms with van der Waals surface area (Å²) >= 11 is 0. The van der Waals surface area contributed by atoms with Gasteiger partial charge in [0.25, 0.3) is 0 Å². The number of cyclic esters (lactones) is 1. The van der Waals surface area contributed by atoms with Crippen molar-refractivity contribution in [1.29, 1.82) is 0 Å². The first-order valence-corrected chi connectivity index (χ1v) is 8.25. The topological polar surface area (TPSA) is 84.9 Å². The third-order valence-electron chi connectivity index (χ3n) is 4.27. The van der Waals surface area contributed by atoms with E-state index < -0.39 is 24.2 Å². The summed E-state index contributed by atoms with van der Waals surface area (Å²) in [6, 6.07) is 8.76. The zero-order chi connectivity index (χ0) is 17.8. The molecule has 0 saturated carbocycles. The quantitative estimate of drug-likeness (QED) is 0.841. The normalized spacial score (nSPS) is 22.4. The van der Waals surface area contributed by atoms with Crippen molar-refractivity contribution in [2.24, 2.45) is 0 Å². The van der Waals surface area contributed by atoms with Gasteiger partial charge in [0.1, 0.15) is 18.8 Å². The van der Waals surface area contributed by atoms with Crippen molar-refractivity contribution >= 4 is 18.0 Å². The Bertz CT molecular complexity index is 701. The molecule has 132 valence electrons. The van der Waals surface area contributed by atoms with Gasteiger partial charge in [0.15, 0.2) is 0 Å².